The Hall–Kier alpha value is -7.30. The maximum absolute atomic E-state index is 6.85. The van der Waals surface area contributed by atoms with Gasteiger partial charge in [-0.05, 0) is 86.9 Å². The highest BCUT2D eigenvalue weighted by atomic mass is 16.3. The lowest BCUT2D eigenvalue weighted by Gasteiger charge is -2.31. The van der Waals surface area contributed by atoms with Crippen molar-refractivity contribution in [2.45, 2.75) is 25.2 Å². The van der Waals surface area contributed by atoms with Gasteiger partial charge in [0.05, 0.1) is 34.0 Å². The van der Waals surface area contributed by atoms with E-state index < -0.39 is 0 Å². The maximum atomic E-state index is 6.85. The smallest absolute Gasteiger partial charge is 0.223 e. The van der Waals surface area contributed by atoms with E-state index in [-0.39, 0.29) is 11.8 Å². The Balaban J connectivity index is 1.09. The quantitative estimate of drug-likeness (QED) is 0.176. The fourth-order valence-corrected chi connectivity index (χ4v) is 9.93. The Kier molecular flexibility index (Phi) is 7.30. The van der Waals surface area contributed by atoms with Crippen LogP contribution < -0.4 is 0 Å². The summed E-state index contributed by atoms with van der Waals surface area (Å²) in [5.41, 5.74) is 11.0. The molecule has 0 saturated carbocycles. The molecule has 4 heteroatoms. The van der Waals surface area contributed by atoms with Crippen LogP contribution in [0.15, 0.2) is 192 Å². The fraction of sp³-hybridized carbons (Fsp3) is 0.0741. The average Bonchev–Trinajstić information content (AvgIpc) is 3.81. The summed E-state index contributed by atoms with van der Waals surface area (Å²) >= 11 is 0. The van der Waals surface area contributed by atoms with Crippen molar-refractivity contribution in [3.8, 4) is 16.8 Å². The Bertz CT molecular complexity index is 3460. The van der Waals surface area contributed by atoms with Crippen molar-refractivity contribution in [2.75, 3.05) is 0 Å². The number of hydrogen-bond donors (Lipinski definition) is 0. The van der Waals surface area contributed by atoms with Crippen LogP contribution in [0.3, 0.4) is 0 Å². The molecule has 1 aliphatic rings. The minimum absolute atomic E-state index is 0.0777. The predicted molar refractivity (Wildman–Crippen MR) is 241 cm³/mol. The molecule has 0 bridgehead atoms. The second kappa shape index (κ2) is 12.9. The van der Waals surface area contributed by atoms with E-state index in [0.717, 1.165) is 51.0 Å². The highest BCUT2D eigenvalue weighted by Gasteiger charge is 2.39. The Morgan fingerprint density at radius 1 is 0.534 bits per heavy atom. The molecule has 274 valence electrons. The summed E-state index contributed by atoms with van der Waals surface area (Å²) in [7, 11) is 0. The monoisotopic (exact) mass is 743 g/mol. The molecule has 4 nitrogen and oxygen atoms in total. The van der Waals surface area contributed by atoms with Gasteiger partial charge < -0.3 is 8.98 Å². The second-order valence-electron chi connectivity index (χ2n) is 15.5. The maximum Gasteiger partial charge on any atom is 0.223 e. The molecule has 0 radical (unpaired) electrons. The lowest BCUT2D eigenvalue weighted by atomic mass is 9.74. The summed E-state index contributed by atoms with van der Waals surface area (Å²) in [6.45, 7) is 2.28. The molecule has 0 spiro atoms. The zero-order valence-electron chi connectivity index (χ0n) is 31.9. The first kappa shape index (κ1) is 32.9. The molecule has 4 heterocycles. The average molecular weight is 744 g/mol. The largest absolute Gasteiger partial charge is 0.438 e. The van der Waals surface area contributed by atoms with E-state index in [2.05, 4.69) is 181 Å². The van der Waals surface area contributed by atoms with Gasteiger partial charge in [0.2, 0.25) is 5.88 Å². The molecule has 0 aliphatic carbocycles. The summed E-state index contributed by atoms with van der Waals surface area (Å²) in [4.78, 5) is 10.6. The number of hydrogen-bond acceptors (Lipinski definition) is 3. The molecule has 12 rings (SSSR count). The molecule has 11 aromatic rings. The highest BCUT2D eigenvalue weighted by molar-refractivity contribution is 6.19. The zero-order valence-corrected chi connectivity index (χ0v) is 31.9. The van der Waals surface area contributed by atoms with Crippen molar-refractivity contribution in [1.29, 1.82) is 0 Å². The summed E-state index contributed by atoms with van der Waals surface area (Å²) < 4.78 is 9.29. The molecule has 0 N–H and O–H groups in total. The van der Waals surface area contributed by atoms with Crippen LogP contribution in [0.5, 0.6) is 0 Å². The molecular weight excluding hydrogens is 707 g/mol. The van der Waals surface area contributed by atoms with Gasteiger partial charge in [0.1, 0.15) is 5.58 Å². The SMILES string of the molecule is CCC1c2c(oc3cc(-c4cccc5ccccc45)ccc23)N=C(c2cccc3c(-n4c5ccccc5c5cc6ccccc6cc54)cccc23)C1c1ccccn1. The van der Waals surface area contributed by atoms with Gasteiger partial charge in [-0.3, -0.25) is 4.98 Å². The van der Waals surface area contributed by atoms with E-state index in [1.54, 1.807) is 0 Å². The van der Waals surface area contributed by atoms with Crippen molar-refractivity contribution in [3.05, 3.63) is 199 Å². The second-order valence-corrected chi connectivity index (χ2v) is 15.5. The number of benzene rings is 8. The first-order valence-corrected chi connectivity index (χ1v) is 20.2. The number of pyridine rings is 1. The van der Waals surface area contributed by atoms with Crippen molar-refractivity contribution in [1.82, 2.24) is 9.55 Å². The number of aromatic nitrogens is 2. The summed E-state index contributed by atoms with van der Waals surface area (Å²) in [6, 6.07) is 63.5. The standard InChI is InChI=1S/C54H37N3O/c1-2-37-51-44-28-27-36(39-20-11-17-33-14-5-6-18-38(33)39)32-50(44)58-54(51)56-53(52(37)46-24-9-10-29-55-46)43-23-12-22-41-40(43)21-13-26-48(41)57-47-25-8-7-19-42(47)45-30-34-15-3-4-16-35(34)31-49(45)57/h3-32,37,52H,2H2,1H3. The molecule has 1 aliphatic heterocycles. The summed E-state index contributed by atoms with van der Waals surface area (Å²) in [5, 5.41) is 10.9. The summed E-state index contributed by atoms with van der Waals surface area (Å²) in [5.74, 6) is 0.721. The molecule has 0 fully saturated rings. The third kappa shape index (κ3) is 4.88. The fourth-order valence-electron chi connectivity index (χ4n) is 9.93. The Morgan fingerprint density at radius 3 is 2.10 bits per heavy atom. The number of nitrogens with zero attached hydrogens (tertiary/aromatic N) is 3. The molecule has 8 aromatic carbocycles. The van der Waals surface area contributed by atoms with E-state index in [1.165, 1.54) is 59.9 Å². The number of aliphatic imine (C=N–C) groups is 1. The third-order valence-corrected chi connectivity index (χ3v) is 12.5. The molecule has 2 atom stereocenters. The topological polar surface area (TPSA) is 43.3 Å². The number of para-hydroxylation sites is 1. The van der Waals surface area contributed by atoms with Crippen molar-refractivity contribution in [3.63, 3.8) is 0 Å². The zero-order chi connectivity index (χ0) is 38.3. The van der Waals surface area contributed by atoms with Gasteiger partial charge in [0.25, 0.3) is 0 Å². The van der Waals surface area contributed by atoms with Gasteiger partial charge in [0, 0.05) is 44.8 Å². The Labute approximate surface area is 335 Å². The van der Waals surface area contributed by atoms with Crippen molar-refractivity contribution >= 4 is 76.7 Å². The van der Waals surface area contributed by atoms with Gasteiger partial charge >= 0.3 is 0 Å². The molecule has 2 unspecified atom stereocenters. The van der Waals surface area contributed by atoms with Gasteiger partial charge in [-0.15, -0.1) is 0 Å². The van der Waals surface area contributed by atoms with E-state index >= 15 is 0 Å². The number of furan rings is 1. The summed E-state index contributed by atoms with van der Waals surface area (Å²) in [6.07, 6.45) is 2.81. The van der Waals surface area contributed by atoms with Crippen LogP contribution in [0.4, 0.5) is 5.88 Å². The highest BCUT2D eigenvalue weighted by Crippen LogP contribution is 2.51. The predicted octanol–water partition coefficient (Wildman–Crippen LogP) is 14.5. The van der Waals surface area contributed by atoms with Gasteiger partial charge in [0.15, 0.2) is 0 Å². The molecule has 3 aromatic heterocycles. The number of rotatable bonds is 5. The Morgan fingerprint density at radius 2 is 1.24 bits per heavy atom. The van der Waals surface area contributed by atoms with Crippen LogP contribution in [0.2, 0.25) is 0 Å². The normalized spacial score (nSPS) is 15.5. The van der Waals surface area contributed by atoms with Crippen LogP contribution in [-0.2, 0) is 0 Å². The molecular formula is C54H37N3O. The first-order chi connectivity index (χ1) is 28.7. The van der Waals surface area contributed by atoms with Gasteiger partial charge in [-0.2, -0.15) is 0 Å². The molecule has 0 amide bonds. The van der Waals surface area contributed by atoms with E-state index in [4.69, 9.17) is 14.4 Å². The number of fused-ring (bicyclic) bond motifs is 9. The van der Waals surface area contributed by atoms with Crippen LogP contribution >= 0.6 is 0 Å². The van der Waals surface area contributed by atoms with Gasteiger partial charge in [-0.1, -0.05) is 140 Å². The van der Waals surface area contributed by atoms with Crippen molar-refractivity contribution < 1.29 is 4.42 Å². The molecule has 58 heavy (non-hydrogen) atoms. The van der Waals surface area contributed by atoms with Crippen LogP contribution in [-0.4, -0.2) is 15.3 Å². The molecule has 0 saturated heterocycles. The minimum atomic E-state index is -0.0777. The van der Waals surface area contributed by atoms with Crippen LogP contribution in [0.1, 0.15) is 42.0 Å². The minimum Gasteiger partial charge on any atom is -0.438 e. The van der Waals surface area contributed by atoms with Crippen LogP contribution in [0, 0.1) is 0 Å². The van der Waals surface area contributed by atoms with Crippen LogP contribution in [0.25, 0.3) is 81.9 Å². The lowest BCUT2D eigenvalue weighted by Crippen LogP contribution is -2.25. The van der Waals surface area contributed by atoms with Crippen molar-refractivity contribution in [2.24, 2.45) is 4.99 Å². The van der Waals surface area contributed by atoms with E-state index in [0.29, 0.717) is 5.88 Å². The first-order valence-electron chi connectivity index (χ1n) is 20.2. The lowest BCUT2D eigenvalue weighted by molar-refractivity contribution is 0.566. The van der Waals surface area contributed by atoms with E-state index in [9.17, 15) is 0 Å². The van der Waals surface area contributed by atoms with Gasteiger partial charge in [-0.25, -0.2) is 4.99 Å². The van der Waals surface area contributed by atoms with E-state index in [1.807, 2.05) is 12.3 Å². The third-order valence-electron chi connectivity index (χ3n) is 12.5.